The number of phosphoric acid groups is 1. The number of rotatable bonds is 37. The van der Waals surface area contributed by atoms with Gasteiger partial charge in [0.15, 0.2) is 6.10 Å². The lowest BCUT2D eigenvalue weighted by molar-refractivity contribution is -0.870. The molecule has 2 atom stereocenters. The zero-order valence-corrected chi connectivity index (χ0v) is 37.6. The summed E-state index contributed by atoms with van der Waals surface area (Å²) in [5.74, 6) is -0.982. The maximum absolute atomic E-state index is 12.6. The normalized spacial score (nSPS) is 14.7. The van der Waals surface area contributed by atoms with Crippen LogP contribution in [0.2, 0.25) is 0 Å². The van der Waals surface area contributed by atoms with Gasteiger partial charge >= 0.3 is 11.9 Å². The topological polar surface area (TPSA) is 111 Å². The SMILES string of the molecule is CC/C=C/C/C=C/C/C=C/C/C=C/C/C=C/CCCC(=O)O[C@H](COC(=O)CCC/C=C/C/C=C/C/C=C/C/C=C/CCCCC)COP(=O)([O-])OCC[N+](C)(C)C. The lowest BCUT2D eigenvalue weighted by atomic mass is 10.2. The van der Waals surface area contributed by atoms with Crippen molar-refractivity contribution in [2.75, 3.05) is 47.5 Å². The van der Waals surface area contributed by atoms with Gasteiger partial charge in [-0.3, -0.25) is 14.2 Å². The average Bonchev–Trinajstić information content (AvgIpc) is 3.17. The van der Waals surface area contributed by atoms with Crippen LogP contribution in [0, 0.1) is 0 Å². The number of quaternary nitrogens is 1. The molecule has 0 radical (unpaired) electrons. The number of hydrogen-bond donors (Lipinski definition) is 0. The van der Waals surface area contributed by atoms with Crippen LogP contribution in [0.4, 0.5) is 0 Å². The molecule has 0 saturated heterocycles. The van der Waals surface area contributed by atoms with Gasteiger partial charge in [-0.1, -0.05) is 136 Å². The first-order chi connectivity index (χ1) is 28.0. The fraction of sp³-hybridized carbons (Fsp3) is 0.583. The number of carbonyl (C=O) groups excluding carboxylic acids is 2. The third-order valence-corrected chi connectivity index (χ3v) is 9.24. The molecule has 0 heterocycles. The Morgan fingerprint density at radius 3 is 1.40 bits per heavy atom. The number of allylic oxidation sites excluding steroid dienone is 18. The zero-order valence-electron chi connectivity index (χ0n) is 36.7. The summed E-state index contributed by atoms with van der Waals surface area (Å²) in [6.45, 7) is 3.92. The predicted molar refractivity (Wildman–Crippen MR) is 240 cm³/mol. The molecule has 0 bridgehead atoms. The number of nitrogens with zero attached hydrogens (tertiary/aromatic N) is 1. The van der Waals surface area contributed by atoms with Gasteiger partial charge in [0.05, 0.1) is 27.7 Å². The largest absolute Gasteiger partial charge is 0.756 e. The Bertz CT molecular complexity index is 1350. The molecule has 10 heteroatoms. The molecule has 0 aliphatic carbocycles. The van der Waals surface area contributed by atoms with Crippen molar-refractivity contribution in [1.82, 2.24) is 0 Å². The van der Waals surface area contributed by atoms with E-state index in [9.17, 15) is 19.0 Å². The van der Waals surface area contributed by atoms with Crippen molar-refractivity contribution in [2.24, 2.45) is 0 Å². The van der Waals surface area contributed by atoms with Crippen molar-refractivity contribution in [3.05, 3.63) is 109 Å². The quantitative estimate of drug-likeness (QED) is 0.0200. The number of esters is 2. The summed E-state index contributed by atoms with van der Waals surface area (Å²) in [5, 5.41) is 0. The number of carbonyl (C=O) groups is 2. The van der Waals surface area contributed by atoms with Crippen molar-refractivity contribution in [3.63, 3.8) is 0 Å². The van der Waals surface area contributed by atoms with Crippen LogP contribution in [-0.4, -0.2) is 70.0 Å². The summed E-state index contributed by atoms with van der Waals surface area (Å²) in [7, 11) is 1.08. The highest BCUT2D eigenvalue weighted by Gasteiger charge is 2.21. The van der Waals surface area contributed by atoms with E-state index in [4.69, 9.17) is 18.5 Å². The van der Waals surface area contributed by atoms with E-state index in [2.05, 4.69) is 111 Å². The molecule has 0 aromatic carbocycles. The maximum atomic E-state index is 12.6. The van der Waals surface area contributed by atoms with Gasteiger partial charge in [0.2, 0.25) is 0 Å². The van der Waals surface area contributed by atoms with Crippen molar-refractivity contribution >= 4 is 19.8 Å². The standard InChI is InChI=1S/C48H78NO8P/c1-6-8-10-12-14-16-18-20-22-24-26-28-30-32-34-36-38-40-47(50)54-44-46(45-56-58(52,53)55-43-42-49(3,4)5)57-48(51)41-39-37-35-33-31-29-27-25-23-21-19-17-15-13-11-9-7-2/h9,11,14-17,20-23,26-29,32-35,46H,6-8,10,12-13,18-19,24-25,30-31,36-45H2,1-5H3/b11-9+,16-14+,17-15+,22-20+,23-21+,28-26+,29-27+,34-32+,35-33+/t46-/m1/s1. The Morgan fingerprint density at radius 2 is 0.966 bits per heavy atom. The summed E-state index contributed by atoms with van der Waals surface area (Å²) in [5.41, 5.74) is 0. The van der Waals surface area contributed by atoms with Crippen molar-refractivity contribution < 1.29 is 42.1 Å². The molecule has 0 aliphatic rings. The third kappa shape index (κ3) is 42.3. The fourth-order valence-electron chi connectivity index (χ4n) is 4.92. The molecule has 58 heavy (non-hydrogen) atoms. The van der Waals surface area contributed by atoms with Gasteiger partial charge in [-0.15, -0.1) is 0 Å². The summed E-state index contributed by atoms with van der Waals surface area (Å²) >= 11 is 0. The molecule has 0 N–H and O–H groups in total. The molecule has 0 amide bonds. The summed E-state index contributed by atoms with van der Waals surface area (Å²) < 4.78 is 33.7. The summed E-state index contributed by atoms with van der Waals surface area (Å²) in [4.78, 5) is 37.5. The van der Waals surface area contributed by atoms with Crippen LogP contribution in [0.3, 0.4) is 0 Å². The second-order valence-electron chi connectivity index (χ2n) is 15.0. The van der Waals surface area contributed by atoms with Gasteiger partial charge in [0.25, 0.3) is 7.82 Å². The molecule has 9 nitrogen and oxygen atoms in total. The molecule has 0 aromatic rings. The third-order valence-electron chi connectivity index (χ3n) is 8.28. The van der Waals surface area contributed by atoms with Crippen molar-refractivity contribution in [3.8, 4) is 0 Å². The molecule has 0 aromatic heterocycles. The molecule has 0 rings (SSSR count). The van der Waals surface area contributed by atoms with E-state index in [-0.39, 0.29) is 26.1 Å². The van der Waals surface area contributed by atoms with Gasteiger partial charge in [0, 0.05) is 12.8 Å². The van der Waals surface area contributed by atoms with Gasteiger partial charge in [-0.25, -0.2) is 0 Å². The van der Waals surface area contributed by atoms with Crippen LogP contribution in [0.5, 0.6) is 0 Å². The molecule has 0 fully saturated rings. The van der Waals surface area contributed by atoms with E-state index in [1.807, 2.05) is 33.3 Å². The Labute approximate surface area is 353 Å². The van der Waals surface area contributed by atoms with E-state index in [0.717, 1.165) is 57.8 Å². The molecule has 0 spiro atoms. The second kappa shape index (κ2) is 39.1. The molecule has 0 saturated carbocycles. The van der Waals surface area contributed by atoms with Crippen molar-refractivity contribution in [1.29, 1.82) is 0 Å². The highest BCUT2D eigenvalue weighted by Crippen LogP contribution is 2.38. The lowest BCUT2D eigenvalue weighted by Crippen LogP contribution is -2.37. The second-order valence-corrected chi connectivity index (χ2v) is 16.4. The molecule has 1 unspecified atom stereocenters. The number of unbranched alkanes of at least 4 members (excludes halogenated alkanes) is 5. The first-order valence-electron chi connectivity index (χ1n) is 21.6. The maximum Gasteiger partial charge on any atom is 0.306 e. The minimum atomic E-state index is -4.66. The summed E-state index contributed by atoms with van der Waals surface area (Å²) in [6, 6.07) is 0. The Morgan fingerprint density at radius 1 is 0.552 bits per heavy atom. The highest BCUT2D eigenvalue weighted by molar-refractivity contribution is 7.45. The van der Waals surface area contributed by atoms with E-state index in [1.165, 1.54) is 25.7 Å². The van der Waals surface area contributed by atoms with Crippen LogP contribution in [0.25, 0.3) is 0 Å². The highest BCUT2D eigenvalue weighted by atomic mass is 31.2. The predicted octanol–water partition coefficient (Wildman–Crippen LogP) is 11.7. The molecular formula is C48H78NO8P. The van der Waals surface area contributed by atoms with E-state index < -0.39 is 32.5 Å². The molecule has 0 aliphatic heterocycles. The summed E-state index contributed by atoms with van der Waals surface area (Å²) in [6.07, 6.45) is 52.8. The van der Waals surface area contributed by atoms with Gasteiger partial charge in [-0.2, -0.15) is 0 Å². The first kappa shape index (κ1) is 54.7. The number of likely N-dealkylation sites (N-methyl/N-ethyl adjacent to an activating group) is 1. The molecular weight excluding hydrogens is 750 g/mol. The minimum Gasteiger partial charge on any atom is -0.756 e. The number of ether oxygens (including phenoxy) is 2. The molecule has 328 valence electrons. The van der Waals surface area contributed by atoms with Crippen LogP contribution >= 0.6 is 7.82 Å². The Balaban J connectivity index is 4.59. The van der Waals surface area contributed by atoms with Crippen LogP contribution in [0.15, 0.2) is 109 Å². The van der Waals surface area contributed by atoms with E-state index in [0.29, 0.717) is 30.3 Å². The lowest BCUT2D eigenvalue weighted by Gasteiger charge is -2.28. The minimum absolute atomic E-state index is 0.0566. The van der Waals surface area contributed by atoms with Crippen molar-refractivity contribution in [2.45, 2.75) is 136 Å². The van der Waals surface area contributed by atoms with Gasteiger partial charge in [0.1, 0.15) is 19.8 Å². The van der Waals surface area contributed by atoms with Crippen LogP contribution < -0.4 is 4.89 Å². The number of phosphoric ester groups is 1. The van der Waals surface area contributed by atoms with Crippen LogP contribution in [-0.2, 0) is 32.7 Å². The van der Waals surface area contributed by atoms with E-state index in [1.54, 1.807) is 0 Å². The van der Waals surface area contributed by atoms with Crippen LogP contribution in [0.1, 0.15) is 129 Å². The Kier molecular flexibility index (Phi) is 36.9. The monoisotopic (exact) mass is 828 g/mol. The average molecular weight is 828 g/mol. The van der Waals surface area contributed by atoms with Gasteiger partial charge < -0.3 is 27.9 Å². The van der Waals surface area contributed by atoms with E-state index >= 15 is 0 Å². The first-order valence-corrected chi connectivity index (χ1v) is 23.1. The zero-order chi connectivity index (χ0) is 42.8. The smallest absolute Gasteiger partial charge is 0.306 e. The Hall–Kier alpha value is -3.33. The fourth-order valence-corrected chi connectivity index (χ4v) is 5.64. The van der Waals surface area contributed by atoms with Gasteiger partial charge in [-0.05, 0) is 89.9 Å². The number of hydrogen-bond acceptors (Lipinski definition) is 8.